The number of carbonyl (C=O) groups excluding carboxylic acids is 1. The summed E-state index contributed by atoms with van der Waals surface area (Å²) in [7, 11) is 2.05. The first-order valence-electron chi connectivity index (χ1n) is 6.87. The van der Waals surface area contributed by atoms with Crippen molar-refractivity contribution in [3.05, 3.63) is 35.5 Å². The third-order valence-electron chi connectivity index (χ3n) is 3.77. The molecule has 1 aliphatic heterocycles. The van der Waals surface area contributed by atoms with Gasteiger partial charge >= 0.3 is 6.09 Å². The monoisotopic (exact) mass is 273 g/mol. The molecule has 1 aliphatic rings. The first-order chi connectivity index (χ1) is 9.67. The molecule has 1 aromatic carbocycles. The maximum Gasteiger partial charge on any atom is 0.407 e. The molecule has 3 N–H and O–H groups in total. The first kappa shape index (κ1) is 13.0. The van der Waals surface area contributed by atoms with Gasteiger partial charge in [0, 0.05) is 24.1 Å². The molecule has 5 nitrogen and oxygen atoms in total. The molecule has 0 bridgehead atoms. The number of ether oxygens (including phenoxy) is 1. The normalized spacial score (nSPS) is 18.3. The van der Waals surface area contributed by atoms with Crippen LogP contribution in [0.5, 0.6) is 0 Å². The summed E-state index contributed by atoms with van der Waals surface area (Å²) in [6, 6.07) is 6.51. The van der Waals surface area contributed by atoms with Crippen molar-refractivity contribution >= 4 is 17.0 Å². The Balaban J connectivity index is 1.89. The molecule has 0 radical (unpaired) electrons. The van der Waals surface area contributed by atoms with Crippen LogP contribution in [0.2, 0.25) is 0 Å². The number of benzene rings is 1. The van der Waals surface area contributed by atoms with E-state index in [2.05, 4.69) is 34.3 Å². The fourth-order valence-corrected chi connectivity index (χ4v) is 2.82. The molecular weight excluding hydrogens is 254 g/mol. The van der Waals surface area contributed by atoms with Crippen LogP contribution < -0.4 is 11.1 Å². The zero-order valence-corrected chi connectivity index (χ0v) is 11.6. The average molecular weight is 273 g/mol. The molecule has 3 rings (SSSR count). The van der Waals surface area contributed by atoms with Gasteiger partial charge in [-0.2, -0.15) is 0 Å². The van der Waals surface area contributed by atoms with Gasteiger partial charge in [0.05, 0.1) is 6.04 Å². The standard InChI is InChI=1S/C15H19N3O2/c1-18-8-11(4-5-16)13-7-10(2-3-14(13)18)6-12-9-20-15(19)17-12/h2-3,7-8,12H,4-6,9,16H2,1H3,(H,17,19)/t12-/m0/s1. The summed E-state index contributed by atoms with van der Waals surface area (Å²) in [5.74, 6) is 0. The molecule has 20 heavy (non-hydrogen) atoms. The lowest BCUT2D eigenvalue weighted by Gasteiger charge is -2.08. The molecule has 1 amide bonds. The van der Waals surface area contributed by atoms with Gasteiger partial charge in [0.2, 0.25) is 0 Å². The Labute approximate surface area is 117 Å². The molecule has 1 fully saturated rings. The van der Waals surface area contributed by atoms with Crippen LogP contribution in [0.3, 0.4) is 0 Å². The van der Waals surface area contributed by atoms with Crippen molar-refractivity contribution in [1.82, 2.24) is 9.88 Å². The number of hydrogen-bond acceptors (Lipinski definition) is 3. The van der Waals surface area contributed by atoms with Gasteiger partial charge in [-0.25, -0.2) is 4.79 Å². The zero-order valence-electron chi connectivity index (χ0n) is 11.6. The quantitative estimate of drug-likeness (QED) is 0.883. The smallest absolute Gasteiger partial charge is 0.407 e. The van der Waals surface area contributed by atoms with Gasteiger partial charge in [0.1, 0.15) is 6.61 Å². The average Bonchev–Trinajstić information content (AvgIpc) is 2.95. The number of cyclic esters (lactones) is 1. The number of carbonyl (C=O) groups is 1. The van der Waals surface area contributed by atoms with Gasteiger partial charge < -0.3 is 20.4 Å². The van der Waals surface area contributed by atoms with Gasteiger partial charge in [-0.05, 0) is 42.6 Å². The number of hydrogen-bond donors (Lipinski definition) is 2. The number of fused-ring (bicyclic) bond motifs is 1. The predicted molar refractivity (Wildman–Crippen MR) is 77.7 cm³/mol. The number of rotatable bonds is 4. The minimum absolute atomic E-state index is 0.0709. The molecule has 0 unspecified atom stereocenters. The van der Waals surface area contributed by atoms with E-state index < -0.39 is 0 Å². The van der Waals surface area contributed by atoms with Crippen LogP contribution >= 0.6 is 0 Å². The van der Waals surface area contributed by atoms with Gasteiger partial charge in [-0.3, -0.25) is 0 Å². The second kappa shape index (κ2) is 5.17. The molecular formula is C15H19N3O2. The van der Waals surface area contributed by atoms with Crippen molar-refractivity contribution in [1.29, 1.82) is 0 Å². The molecule has 1 aromatic heterocycles. The zero-order chi connectivity index (χ0) is 14.1. The molecule has 2 aromatic rings. The lowest BCUT2D eigenvalue weighted by atomic mass is 10.0. The summed E-state index contributed by atoms with van der Waals surface area (Å²) >= 11 is 0. The SMILES string of the molecule is Cn1cc(CCN)c2cc(C[C@H]3COC(=O)N3)ccc21. The van der Waals surface area contributed by atoms with Crippen molar-refractivity contribution in [2.75, 3.05) is 13.2 Å². The molecule has 0 saturated carbocycles. The number of nitrogens with zero attached hydrogens (tertiary/aromatic N) is 1. The molecule has 1 atom stereocenters. The molecule has 5 heteroatoms. The number of aryl methyl sites for hydroxylation is 1. The van der Waals surface area contributed by atoms with E-state index in [0.29, 0.717) is 13.2 Å². The first-order valence-corrected chi connectivity index (χ1v) is 6.87. The topological polar surface area (TPSA) is 69.3 Å². The minimum Gasteiger partial charge on any atom is -0.447 e. The Morgan fingerprint density at radius 1 is 1.50 bits per heavy atom. The van der Waals surface area contributed by atoms with E-state index in [0.717, 1.165) is 12.8 Å². The van der Waals surface area contributed by atoms with E-state index in [9.17, 15) is 4.79 Å². The summed E-state index contributed by atoms with van der Waals surface area (Å²) in [5, 5.41) is 4.06. The molecule has 106 valence electrons. The predicted octanol–water partition coefficient (Wildman–Crippen LogP) is 1.33. The van der Waals surface area contributed by atoms with E-state index in [-0.39, 0.29) is 12.1 Å². The van der Waals surface area contributed by atoms with Crippen LogP contribution in [0.15, 0.2) is 24.4 Å². The van der Waals surface area contributed by atoms with Crippen molar-refractivity contribution in [2.45, 2.75) is 18.9 Å². The fourth-order valence-electron chi connectivity index (χ4n) is 2.82. The van der Waals surface area contributed by atoms with E-state index in [1.54, 1.807) is 0 Å². The van der Waals surface area contributed by atoms with Gasteiger partial charge in [-0.1, -0.05) is 6.07 Å². The maximum absolute atomic E-state index is 11.0. The number of nitrogens with two attached hydrogens (primary N) is 1. The number of aromatic nitrogens is 1. The van der Waals surface area contributed by atoms with E-state index >= 15 is 0 Å². The Morgan fingerprint density at radius 3 is 3.05 bits per heavy atom. The molecule has 1 saturated heterocycles. The van der Waals surface area contributed by atoms with Crippen LogP contribution in [-0.2, 0) is 24.6 Å². The van der Waals surface area contributed by atoms with Crippen LogP contribution in [-0.4, -0.2) is 29.9 Å². The molecule has 2 heterocycles. The number of nitrogens with one attached hydrogen (secondary N) is 1. The van der Waals surface area contributed by atoms with Crippen LogP contribution in [0.25, 0.3) is 10.9 Å². The fraction of sp³-hybridized carbons (Fsp3) is 0.400. The van der Waals surface area contributed by atoms with Crippen molar-refractivity contribution < 1.29 is 9.53 Å². The highest BCUT2D eigenvalue weighted by atomic mass is 16.6. The second-order valence-corrected chi connectivity index (χ2v) is 5.30. The number of amides is 1. The highest BCUT2D eigenvalue weighted by molar-refractivity contribution is 5.84. The highest BCUT2D eigenvalue weighted by Crippen LogP contribution is 2.23. The highest BCUT2D eigenvalue weighted by Gasteiger charge is 2.22. The largest absolute Gasteiger partial charge is 0.447 e. The van der Waals surface area contributed by atoms with Crippen LogP contribution in [0, 0.1) is 0 Å². The van der Waals surface area contributed by atoms with Gasteiger partial charge in [0.25, 0.3) is 0 Å². The lowest BCUT2D eigenvalue weighted by Crippen LogP contribution is -2.28. The van der Waals surface area contributed by atoms with Crippen molar-refractivity contribution in [2.24, 2.45) is 12.8 Å². The summed E-state index contributed by atoms with van der Waals surface area (Å²) in [5.41, 5.74) is 9.37. The van der Waals surface area contributed by atoms with Gasteiger partial charge in [-0.15, -0.1) is 0 Å². The van der Waals surface area contributed by atoms with Gasteiger partial charge in [0.15, 0.2) is 0 Å². The van der Waals surface area contributed by atoms with Crippen LogP contribution in [0.1, 0.15) is 11.1 Å². The third-order valence-corrected chi connectivity index (χ3v) is 3.77. The Kier molecular flexibility index (Phi) is 3.36. The second-order valence-electron chi connectivity index (χ2n) is 5.30. The van der Waals surface area contributed by atoms with Crippen LogP contribution in [0.4, 0.5) is 4.79 Å². The minimum atomic E-state index is -0.320. The molecule has 0 aliphatic carbocycles. The summed E-state index contributed by atoms with van der Waals surface area (Å²) in [6.07, 6.45) is 3.49. The Morgan fingerprint density at radius 2 is 2.35 bits per heavy atom. The lowest BCUT2D eigenvalue weighted by molar-refractivity contribution is 0.177. The van der Waals surface area contributed by atoms with E-state index in [1.165, 1.54) is 22.0 Å². The Bertz CT molecular complexity index is 648. The molecule has 0 spiro atoms. The van der Waals surface area contributed by atoms with Crippen molar-refractivity contribution in [3.8, 4) is 0 Å². The number of alkyl carbamates (subject to hydrolysis) is 1. The van der Waals surface area contributed by atoms with E-state index in [4.69, 9.17) is 10.5 Å². The van der Waals surface area contributed by atoms with E-state index in [1.807, 2.05) is 7.05 Å². The Hall–Kier alpha value is -2.01. The summed E-state index contributed by atoms with van der Waals surface area (Å²) in [6.45, 7) is 1.09. The summed E-state index contributed by atoms with van der Waals surface area (Å²) < 4.78 is 7.05. The maximum atomic E-state index is 11.0. The third kappa shape index (κ3) is 2.36. The van der Waals surface area contributed by atoms with Crippen molar-refractivity contribution in [3.63, 3.8) is 0 Å². The summed E-state index contributed by atoms with van der Waals surface area (Å²) in [4.78, 5) is 11.0.